The number of rotatable bonds is 9. The van der Waals surface area contributed by atoms with E-state index in [1.807, 2.05) is 24.3 Å². The molecule has 2 N–H and O–H groups in total. The first-order chi connectivity index (χ1) is 14.8. The van der Waals surface area contributed by atoms with E-state index in [1.165, 1.54) is 44.1 Å². The minimum atomic E-state index is 0.293. The Labute approximate surface area is 178 Å². The molecule has 0 aliphatic carbocycles. The minimum absolute atomic E-state index is 0.293. The van der Waals surface area contributed by atoms with E-state index in [1.54, 1.807) is 6.20 Å². The van der Waals surface area contributed by atoms with E-state index in [4.69, 9.17) is 0 Å². The topological polar surface area (TPSA) is 61.8 Å². The van der Waals surface area contributed by atoms with Gasteiger partial charge in [0.1, 0.15) is 11.4 Å². The average Bonchev–Trinajstić information content (AvgIpc) is 3.31. The highest BCUT2D eigenvalue weighted by Gasteiger charge is 2.16. The Bertz CT molecular complexity index is 1100. The molecule has 0 spiro atoms. The van der Waals surface area contributed by atoms with Crippen molar-refractivity contribution in [2.75, 3.05) is 0 Å². The zero-order valence-electron chi connectivity index (χ0n) is 17.6. The van der Waals surface area contributed by atoms with Crippen LogP contribution in [0.3, 0.4) is 0 Å². The van der Waals surface area contributed by atoms with Gasteiger partial charge in [0.05, 0.1) is 6.20 Å². The molecule has 0 saturated carbocycles. The number of H-pyrrole nitrogens is 1. The largest absolute Gasteiger partial charge is 0.507 e. The van der Waals surface area contributed by atoms with Crippen molar-refractivity contribution in [2.24, 2.45) is 0 Å². The van der Waals surface area contributed by atoms with Gasteiger partial charge in [-0.05, 0) is 46.9 Å². The fourth-order valence-corrected chi connectivity index (χ4v) is 4.16. The number of aryl methyl sites for hydroxylation is 1. The fourth-order valence-electron chi connectivity index (χ4n) is 4.16. The lowest BCUT2D eigenvalue weighted by Gasteiger charge is -2.14. The van der Waals surface area contributed by atoms with Gasteiger partial charge in [0, 0.05) is 11.1 Å². The molecule has 3 aromatic carbocycles. The van der Waals surface area contributed by atoms with Crippen molar-refractivity contribution in [3.8, 4) is 28.1 Å². The summed E-state index contributed by atoms with van der Waals surface area (Å²) in [5.74, 6) is 0.293. The molecule has 0 fully saturated rings. The van der Waals surface area contributed by atoms with Crippen molar-refractivity contribution in [1.29, 1.82) is 0 Å². The molecule has 4 nitrogen and oxygen atoms in total. The van der Waals surface area contributed by atoms with Gasteiger partial charge < -0.3 is 5.11 Å². The summed E-state index contributed by atoms with van der Waals surface area (Å²) < 4.78 is 0. The molecule has 1 aromatic heterocycles. The van der Waals surface area contributed by atoms with E-state index in [0.29, 0.717) is 5.75 Å². The predicted octanol–water partition coefficient (Wildman–Crippen LogP) is 6.90. The summed E-state index contributed by atoms with van der Waals surface area (Å²) in [6.07, 6.45) is 10.5. The first-order valence-electron chi connectivity index (χ1n) is 11.0. The summed E-state index contributed by atoms with van der Waals surface area (Å²) >= 11 is 0. The van der Waals surface area contributed by atoms with Crippen LogP contribution in [0.15, 0.2) is 60.8 Å². The Balaban J connectivity index is 1.68. The number of aromatic nitrogens is 3. The van der Waals surface area contributed by atoms with Gasteiger partial charge in [-0.3, -0.25) is 0 Å². The third-order valence-electron chi connectivity index (χ3n) is 5.77. The SMILES string of the molecule is CCCCCCCCc1ccc(O)c(-c2ccc3ccccc3c2-c2cn[nH]n2)c1. The molecular formula is C26H29N3O. The van der Waals surface area contributed by atoms with Crippen molar-refractivity contribution in [1.82, 2.24) is 15.4 Å². The van der Waals surface area contributed by atoms with E-state index >= 15 is 0 Å². The first kappa shape index (κ1) is 20.1. The maximum atomic E-state index is 10.7. The number of nitrogens with zero attached hydrogens (tertiary/aromatic N) is 2. The summed E-state index contributed by atoms with van der Waals surface area (Å²) in [5, 5.41) is 24.0. The first-order valence-corrected chi connectivity index (χ1v) is 11.0. The van der Waals surface area contributed by atoms with Crippen LogP contribution in [-0.2, 0) is 6.42 Å². The maximum absolute atomic E-state index is 10.7. The van der Waals surface area contributed by atoms with Crippen LogP contribution < -0.4 is 0 Å². The van der Waals surface area contributed by atoms with Crippen LogP contribution in [0.2, 0.25) is 0 Å². The monoisotopic (exact) mass is 399 g/mol. The highest BCUT2D eigenvalue weighted by molar-refractivity contribution is 6.03. The second-order valence-corrected chi connectivity index (χ2v) is 7.93. The maximum Gasteiger partial charge on any atom is 0.123 e. The zero-order valence-corrected chi connectivity index (χ0v) is 17.6. The molecule has 30 heavy (non-hydrogen) atoms. The van der Waals surface area contributed by atoms with E-state index in [9.17, 15) is 5.11 Å². The fraction of sp³-hybridized carbons (Fsp3) is 0.308. The van der Waals surface area contributed by atoms with Crippen LogP contribution in [0.25, 0.3) is 33.2 Å². The Morgan fingerprint density at radius 2 is 1.70 bits per heavy atom. The lowest BCUT2D eigenvalue weighted by Crippen LogP contribution is -1.92. The van der Waals surface area contributed by atoms with Crippen molar-refractivity contribution >= 4 is 10.8 Å². The van der Waals surface area contributed by atoms with Crippen molar-refractivity contribution in [3.05, 3.63) is 66.4 Å². The summed E-state index contributed by atoms with van der Waals surface area (Å²) in [7, 11) is 0. The second-order valence-electron chi connectivity index (χ2n) is 7.93. The number of hydrogen-bond acceptors (Lipinski definition) is 3. The molecular weight excluding hydrogens is 370 g/mol. The molecule has 4 heteroatoms. The lowest BCUT2D eigenvalue weighted by atomic mass is 9.90. The Kier molecular flexibility index (Phi) is 6.43. The molecule has 0 bridgehead atoms. The smallest absolute Gasteiger partial charge is 0.123 e. The molecule has 4 rings (SSSR count). The number of unbranched alkanes of at least 4 members (excludes halogenated alkanes) is 5. The molecule has 154 valence electrons. The number of aromatic hydroxyl groups is 1. The Morgan fingerprint density at radius 1 is 0.867 bits per heavy atom. The van der Waals surface area contributed by atoms with Gasteiger partial charge in [0.2, 0.25) is 0 Å². The molecule has 0 amide bonds. The van der Waals surface area contributed by atoms with Crippen LogP contribution in [0.4, 0.5) is 0 Å². The zero-order chi connectivity index (χ0) is 20.8. The van der Waals surface area contributed by atoms with Gasteiger partial charge in [0.25, 0.3) is 0 Å². The van der Waals surface area contributed by atoms with Crippen LogP contribution in [0, 0.1) is 0 Å². The third-order valence-corrected chi connectivity index (χ3v) is 5.77. The van der Waals surface area contributed by atoms with Crippen molar-refractivity contribution in [2.45, 2.75) is 51.9 Å². The van der Waals surface area contributed by atoms with E-state index < -0.39 is 0 Å². The number of nitrogens with one attached hydrogen (secondary N) is 1. The summed E-state index contributed by atoms with van der Waals surface area (Å²) in [5.41, 5.74) is 4.86. The third kappa shape index (κ3) is 4.38. The van der Waals surface area contributed by atoms with Crippen LogP contribution in [-0.4, -0.2) is 20.5 Å². The molecule has 0 unspecified atom stereocenters. The molecule has 0 aliphatic rings. The summed E-state index contributed by atoms with van der Waals surface area (Å²) in [4.78, 5) is 0. The molecule has 4 aromatic rings. The van der Waals surface area contributed by atoms with Gasteiger partial charge in [-0.1, -0.05) is 81.5 Å². The molecule has 0 saturated heterocycles. The number of aromatic amines is 1. The molecule has 1 heterocycles. The number of phenolic OH excluding ortho intramolecular Hbond substituents is 1. The Hall–Kier alpha value is -3.14. The summed E-state index contributed by atoms with van der Waals surface area (Å²) in [6, 6.07) is 18.4. The molecule has 0 atom stereocenters. The van der Waals surface area contributed by atoms with Gasteiger partial charge in [-0.25, -0.2) is 0 Å². The standard InChI is InChI=1S/C26H29N3O/c1-2-3-4-5-6-7-10-19-13-16-25(30)23(17-19)22-15-14-20-11-8-9-12-21(20)26(22)24-18-27-29-28-24/h8-9,11-18,30H,2-7,10H2,1H3,(H,27,28,29). The van der Waals surface area contributed by atoms with Crippen molar-refractivity contribution < 1.29 is 5.11 Å². The molecule has 0 radical (unpaired) electrons. The van der Waals surface area contributed by atoms with Gasteiger partial charge in [-0.15, -0.1) is 0 Å². The van der Waals surface area contributed by atoms with E-state index in [-0.39, 0.29) is 0 Å². The van der Waals surface area contributed by atoms with Gasteiger partial charge in [-0.2, -0.15) is 15.4 Å². The summed E-state index contributed by atoms with van der Waals surface area (Å²) in [6.45, 7) is 2.25. The van der Waals surface area contributed by atoms with Gasteiger partial charge >= 0.3 is 0 Å². The number of phenols is 1. The number of hydrogen-bond donors (Lipinski definition) is 2. The number of benzene rings is 3. The predicted molar refractivity (Wildman–Crippen MR) is 124 cm³/mol. The van der Waals surface area contributed by atoms with Crippen molar-refractivity contribution in [3.63, 3.8) is 0 Å². The minimum Gasteiger partial charge on any atom is -0.507 e. The quantitative estimate of drug-likeness (QED) is 0.301. The average molecular weight is 400 g/mol. The van der Waals surface area contributed by atoms with Gasteiger partial charge in [0.15, 0.2) is 0 Å². The second kappa shape index (κ2) is 9.57. The van der Waals surface area contributed by atoms with Crippen LogP contribution in [0.1, 0.15) is 51.0 Å². The van der Waals surface area contributed by atoms with E-state index in [0.717, 1.165) is 39.6 Å². The normalized spacial score (nSPS) is 11.2. The van der Waals surface area contributed by atoms with Crippen LogP contribution in [0.5, 0.6) is 5.75 Å². The van der Waals surface area contributed by atoms with Crippen LogP contribution >= 0.6 is 0 Å². The number of fused-ring (bicyclic) bond motifs is 1. The molecule has 0 aliphatic heterocycles. The highest BCUT2D eigenvalue weighted by Crippen LogP contribution is 2.40. The highest BCUT2D eigenvalue weighted by atomic mass is 16.3. The lowest BCUT2D eigenvalue weighted by molar-refractivity contribution is 0.477. The Morgan fingerprint density at radius 3 is 2.53 bits per heavy atom. The van der Waals surface area contributed by atoms with E-state index in [2.05, 4.69) is 52.7 Å².